The molecule has 1 aromatic rings. The highest BCUT2D eigenvalue weighted by Crippen LogP contribution is 2.22. The Balaban J connectivity index is 1.81. The van der Waals surface area contributed by atoms with Crippen LogP contribution in [0.15, 0.2) is 6.20 Å². The Hall–Kier alpha value is -1.14. The van der Waals surface area contributed by atoms with E-state index in [0.29, 0.717) is 12.0 Å². The second-order valence-corrected chi connectivity index (χ2v) is 8.61. The van der Waals surface area contributed by atoms with Crippen molar-refractivity contribution in [1.29, 1.82) is 0 Å². The van der Waals surface area contributed by atoms with E-state index in [-0.39, 0.29) is 6.09 Å². The van der Waals surface area contributed by atoms with Crippen LogP contribution in [-0.2, 0) is 4.74 Å². The number of nitrogens with one attached hydrogen (secondary N) is 1. The third kappa shape index (κ3) is 5.77. The molecule has 2 atom stereocenters. The first-order chi connectivity index (χ1) is 10.7. The van der Waals surface area contributed by atoms with E-state index in [0.717, 1.165) is 37.5 Å². The van der Waals surface area contributed by atoms with E-state index in [1.165, 1.54) is 4.88 Å². The third-order valence-corrected chi connectivity index (χ3v) is 5.04. The molecule has 130 valence electrons. The van der Waals surface area contributed by atoms with Crippen molar-refractivity contribution in [2.45, 2.75) is 59.1 Å². The van der Waals surface area contributed by atoms with Crippen LogP contribution in [0.5, 0.6) is 0 Å². The van der Waals surface area contributed by atoms with Crippen molar-refractivity contribution in [3.8, 4) is 0 Å². The van der Waals surface area contributed by atoms with Crippen LogP contribution >= 0.6 is 11.3 Å². The number of likely N-dealkylation sites (tertiary alicyclic amines) is 1. The Bertz CT molecular complexity index is 524. The van der Waals surface area contributed by atoms with Gasteiger partial charge in [-0.3, -0.25) is 0 Å². The summed E-state index contributed by atoms with van der Waals surface area (Å²) in [6.45, 7) is 12.4. The summed E-state index contributed by atoms with van der Waals surface area (Å²) in [5.41, 5.74) is -0.430. The fourth-order valence-corrected chi connectivity index (χ4v) is 3.56. The lowest BCUT2D eigenvalue weighted by atomic mass is 9.98. The molecule has 23 heavy (non-hydrogen) atoms. The normalized spacial score (nSPS) is 20.4. The first-order valence-electron chi connectivity index (χ1n) is 8.38. The highest BCUT2D eigenvalue weighted by atomic mass is 32.1. The van der Waals surface area contributed by atoms with Gasteiger partial charge in [-0.15, -0.1) is 11.3 Å². The summed E-state index contributed by atoms with van der Waals surface area (Å²) < 4.78 is 5.48. The number of thiazole rings is 1. The van der Waals surface area contributed by atoms with Gasteiger partial charge in [0.15, 0.2) is 0 Å². The smallest absolute Gasteiger partial charge is 0.410 e. The lowest BCUT2D eigenvalue weighted by molar-refractivity contribution is 0.0165. The number of amides is 1. The molecule has 0 unspecified atom stereocenters. The molecule has 0 spiro atoms. The average molecular weight is 340 g/mol. The van der Waals surface area contributed by atoms with Gasteiger partial charge in [-0.05, 0) is 53.4 Å². The van der Waals surface area contributed by atoms with Gasteiger partial charge >= 0.3 is 6.09 Å². The van der Waals surface area contributed by atoms with Gasteiger partial charge in [-0.25, -0.2) is 9.78 Å². The first kappa shape index (κ1) is 18.2. The number of nitrogens with zero attached hydrogens (tertiary/aromatic N) is 2. The molecule has 1 aliphatic rings. The summed E-state index contributed by atoms with van der Waals surface area (Å²) in [5.74, 6) is 0.479. The van der Waals surface area contributed by atoms with E-state index in [2.05, 4.69) is 17.2 Å². The van der Waals surface area contributed by atoms with Crippen molar-refractivity contribution in [3.05, 3.63) is 16.1 Å². The average Bonchev–Trinajstić information content (AvgIpc) is 2.90. The molecule has 6 heteroatoms. The van der Waals surface area contributed by atoms with Crippen molar-refractivity contribution in [2.75, 3.05) is 19.6 Å². The van der Waals surface area contributed by atoms with Crippen LogP contribution in [0.3, 0.4) is 0 Å². The number of aryl methyl sites for hydroxylation is 1. The Morgan fingerprint density at radius 2 is 2.30 bits per heavy atom. The molecular formula is C17H29N3O2S. The monoisotopic (exact) mass is 339 g/mol. The van der Waals surface area contributed by atoms with Crippen molar-refractivity contribution in [2.24, 2.45) is 5.92 Å². The van der Waals surface area contributed by atoms with Crippen molar-refractivity contribution < 1.29 is 9.53 Å². The fraction of sp³-hybridized carbons (Fsp3) is 0.765. The number of rotatable bonds is 4. The van der Waals surface area contributed by atoms with Crippen LogP contribution in [0.2, 0.25) is 0 Å². The molecular weight excluding hydrogens is 310 g/mol. The SMILES string of the molecule is Cc1ncc([C@@H](C)NC[C@@H]2CCCN(C(=O)OC(C)(C)C)C2)s1. The highest BCUT2D eigenvalue weighted by Gasteiger charge is 2.27. The van der Waals surface area contributed by atoms with E-state index in [1.54, 1.807) is 11.3 Å². The van der Waals surface area contributed by atoms with Gasteiger partial charge in [0.1, 0.15) is 5.60 Å². The van der Waals surface area contributed by atoms with Crippen LogP contribution in [0.1, 0.15) is 56.5 Å². The summed E-state index contributed by atoms with van der Waals surface area (Å²) >= 11 is 1.74. The topological polar surface area (TPSA) is 54.5 Å². The van der Waals surface area contributed by atoms with E-state index < -0.39 is 5.60 Å². The number of hydrogen-bond acceptors (Lipinski definition) is 5. The Morgan fingerprint density at radius 3 is 2.91 bits per heavy atom. The van der Waals surface area contributed by atoms with Gasteiger partial charge in [0.05, 0.1) is 5.01 Å². The number of aromatic nitrogens is 1. The quantitative estimate of drug-likeness (QED) is 0.908. The minimum atomic E-state index is -0.430. The summed E-state index contributed by atoms with van der Waals surface area (Å²) in [4.78, 5) is 19.6. The van der Waals surface area contributed by atoms with Crippen LogP contribution < -0.4 is 5.32 Å². The number of carbonyl (C=O) groups excluding carboxylic acids is 1. The molecule has 0 radical (unpaired) electrons. The first-order valence-corrected chi connectivity index (χ1v) is 9.20. The Morgan fingerprint density at radius 1 is 1.57 bits per heavy atom. The number of carbonyl (C=O) groups is 1. The molecule has 0 bridgehead atoms. The van der Waals surface area contributed by atoms with Crippen molar-refractivity contribution >= 4 is 17.4 Å². The van der Waals surface area contributed by atoms with Crippen LogP contribution in [-0.4, -0.2) is 41.2 Å². The number of ether oxygens (including phenoxy) is 1. The molecule has 1 fully saturated rings. The molecule has 1 aromatic heterocycles. The molecule has 0 aromatic carbocycles. The van der Waals surface area contributed by atoms with Crippen molar-refractivity contribution in [1.82, 2.24) is 15.2 Å². The van der Waals surface area contributed by atoms with E-state index in [4.69, 9.17) is 4.74 Å². The third-order valence-electron chi connectivity index (χ3n) is 3.95. The molecule has 1 saturated heterocycles. The van der Waals surface area contributed by atoms with Gasteiger partial charge in [0.2, 0.25) is 0 Å². The maximum Gasteiger partial charge on any atom is 0.410 e. The van der Waals surface area contributed by atoms with Crippen molar-refractivity contribution in [3.63, 3.8) is 0 Å². The predicted octanol–water partition coefficient (Wildman–Crippen LogP) is 3.75. The van der Waals surface area contributed by atoms with Crippen LogP contribution in [0.4, 0.5) is 4.79 Å². The van der Waals surface area contributed by atoms with Gasteiger partial charge in [-0.2, -0.15) is 0 Å². The van der Waals surface area contributed by atoms with Crippen LogP contribution in [0.25, 0.3) is 0 Å². The zero-order valence-corrected chi connectivity index (χ0v) is 15.7. The standard InChI is InChI=1S/C17H29N3O2S/c1-12(15-10-19-13(2)23-15)18-9-14-7-6-8-20(11-14)16(21)22-17(3,4)5/h10,12,14,18H,6-9,11H2,1-5H3/t12-,14+/m1/s1. The minimum Gasteiger partial charge on any atom is -0.444 e. The maximum absolute atomic E-state index is 12.2. The summed E-state index contributed by atoms with van der Waals surface area (Å²) in [7, 11) is 0. The molecule has 1 N–H and O–H groups in total. The molecule has 2 heterocycles. The number of piperidine rings is 1. The van der Waals surface area contributed by atoms with Gasteiger partial charge < -0.3 is 15.0 Å². The Labute approximate surface area is 143 Å². The summed E-state index contributed by atoms with van der Waals surface area (Å²) in [6, 6.07) is 0.304. The lowest BCUT2D eigenvalue weighted by Gasteiger charge is -2.34. The van der Waals surface area contributed by atoms with E-state index in [9.17, 15) is 4.79 Å². The zero-order valence-electron chi connectivity index (χ0n) is 14.9. The summed E-state index contributed by atoms with van der Waals surface area (Å²) in [6.07, 6.45) is 3.96. The predicted molar refractivity (Wildman–Crippen MR) is 93.8 cm³/mol. The largest absolute Gasteiger partial charge is 0.444 e. The van der Waals surface area contributed by atoms with E-state index in [1.807, 2.05) is 38.8 Å². The van der Waals surface area contributed by atoms with Gasteiger partial charge in [0, 0.05) is 36.8 Å². The van der Waals surface area contributed by atoms with Gasteiger partial charge in [0.25, 0.3) is 0 Å². The minimum absolute atomic E-state index is 0.187. The number of hydrogen-bond donors (Lipinski definition) is 1. The Kier molecular flexibility index (Phi) is 6.03. The second kappa shape index (κ2) is 7.62. The molecule has 0 saturated carbocycles. The molecule has 1 aliphatic heterocycles. The molecule has 0 aliphatic carbocycles. The lowest BCUT2D eigenvalue weighted by Crippen LogP contribution is -2.45. The molecule has 2 rings (SSSR count). The second-order valence-electron chi connectivity index (χ2n) is 7.35. The van der Waals surface area contributed by atoms with E-state index >= 15 is 0 Å². The molecule has 5 nitrogen and oxygen atoms in total. The summed E-state index contributed by atoms with van der Waals surface area (Å²) in [5, 5.41) is 4.68. The van der Waals surface area contributed by atoms with Gasteiger partial charge in [-0.1, -0.05) is 0 Å². The maximum atomic E-state index is 12.2. The zero-order chi connectivity index (χ0) is 17.0. The highest BCUT2D eigenvalue weighted by molar-refractivity contribution is 7.11. The fourth-order valence-electron chi connectivity index (χ4n) is 2.75. The molecule has 1 amide bonds. The van der Waals surface area contributed by atoms with Crippen LogP contribution in [0, 0.1) is 12.8 Å².